The van der Waals surface area contributed by atoms with Crippen molar-refractivity contribution >= 4 is 17.5 Å². The zero-order valence-corrected chi connectivity index (χ0v) is 14.8. The van der Waals surface area contributed by atoms with E-state index in [2.05, 4.69) is 25.5 Å². The van der Waals surface area contributed by atoms with Crippen molar-refractivity contribution in [1.82, 2.24) is 14.9 Å². The molecule has 2 aromatic rings. The molecule has 0 saturated carbocycles. The lowest BCUT2D eigenvalue weighted by Crippen LogP contribution is -2.39. The number of fused-ring (bicyclic) bond motifs is 1. The Morgan fingerprint density at radius 3 is 2.88 bits per heavy atom. The Morgan fingerprint density at radius 1 is 1.15 bits per heavy atom. The molecule has 8 heteroatoms. The Hall–Kier alpha value is -2.58. The van der Waals surface area contributed by atoms with E-state index in [9.17, 15) is 0 Å². The molecule has 138 valence electrons. The van der Waals surface area contributed by atoms with Crippen LogP contribution in [0.4, 0.5) is 17.5 Å². The second kappa shape index (κ2) is 7.76. The summed E-state index contributed by atoms with van der Waals surface area (Å²) < 4.78 is 16.1. The predicted molar refractivity (Wildman–Crippen MR) is 98.4 cm³/mol. The van der Waals surface area contributed by atoms with Crippen LogP contribution in [0, 0.1) is 6.92 Å². The van der Waals surface area contributed by atoms with Crippen LogP contribution in [-0.2, 0) is 4.74 Å². The molecule has 0 radical (unpaired) electrons. The molecule has 1 fully saturated rings. The van der Waals surface area contributed by atoms with E-state index >= 15 is 0 Å². The fourth-order valence-corrected chi connectivity index (χ4v) is 2.92. The van der Waals surface area contributed by atoms with Crippen molar-refractivity contribution < 1.29 is 14.2 Å². The first kappa shape index (κ1) is 16.9. The quantitative estimate of drug-likeness (QED) is 0.813. The predicted octanol–water partition coefficient (Wildman–Crippen LogP) is 2.00. The first-order valence-electron chi connectivity index (χ1n) is 8.82. The van der Waals surface area contributed by atoms with Crippen molar-refractivity contribution in [3.05, 3.63) is 30.0 Å². The summed E-state index contributed by atoms with van der Waals surface area (Å²) >= 11 is 0. The molecule has 0 amide bonds. The van der Waals surface area contributed by atoms with Gasteiger partial charge in [-0.15, -0.1) is 0 Å². The molecule has 0 unspecified atom stereocenters. The van der Waals surface area contributed by atoms with Crippen LogP contribution in [0.5, 0.6) is 11.5 Å². The van der Waals surface area contributed by atoms with E-state index < -0.39 is 0 Å². The third kappa shape index (κ3) is 3.97. The molecular formula is C18H23N5O3. The molecule has 2 N–H and O–H groups in total. The number of hydrogen-bond acceptors (Lipinski definition) is 8. The first-order chi connectivity index (χ1) is 12.8. The van der Waals surface area contributed by atoms with Crippen LogP contribution >= 0.6 is 0 Å². The van der Waals surface area contributed by atoms with Crippen LogP contribution in [0.3, 0.4) is 0 Å². The molecule has 2 aliphatic heterocycles. The van der Waals surface area contributed by atoms with Gasteiger partial charge >= 0.3 is 0 Å². The number of benzene rings is 1. The maximum absolute atomic E-state index is 5.42. The number of morpholine rings is 1. The number of aromatic nitrogens is 2. The number of anilines is 3. The van der Waals surface area contributed by atoms with Crippen LogP contribution in [0.1, 0.15) is 5.56 Å². The van der Waals surface area contributed by atoms with Crippen LogP contribution in [0.2, 0.25) is 0 Å². The van der Waals surface area contributed by atoms with E-state index in [1.165, 1.54) is 0 Å². The van der Waals surface area contributed by atoms with Crippen molar-refractivity contribution in [3.8, 4) is 11.5 Å². The summed E-state index contributed by atoms with van der Waals surface area (Å²) in [4.78, 5) is 11.3. The molecule has 1 aromatic carbocycles. The van der Waals surface area contributed by atoms with Crippen molar-refractivity contribution in [2.24, 2.45) is 0 Å². The molecule has 4 rings (SSSR count). The van der Waals surface area contributed by atoms with Crippen LogP contribution in [-0.4, -0.2) is 61.1 Å². The normalized spacial score (nSPS) is 16.5. The molecule has 1 aromatic heterocycles. The van der Waals surface area contributed by atoms with Crippen LogP contribution in [0.25, 0.3) is 0 Å². The third-order valence-corrected chi connectivity index (χ3v) is 4.42. The maximum atomic E-state index is 5.42. The zero-order chi connectivity index (χ0) is 17.8. The van der Waals surface area contributed by atoms with E-state index in [1.54, 1.807) is 0 Å². The van der Waals surface area contributed by atoms with E-state index in [4.69, 9.17) is 14.2 Å². The smallest absolute Gasteiger partial charge is 0.231 e. The molecule has 2 aliphatic rings. The van der Waals surface area contributed by atoms with E-state index in [0.717, 1.165) is 68.0 Å². The van der Waals surface area contributed by atoms with Gasteiger partial charge in [-0.2, -0.15) is 4.98 Å². The van der Waals surface area contributed by atoms with E-state index in [0.29, 0.717) is 5.95 Å². The third-order valence-electron chi connectivity index (χ3n) is 4.42. The largest absolute Gasteiger partial charge is 0.454 e. The summed E-state index contributed by atoms with van der Waals surface area (Å²) in [6, 6.07) is 5.75. The molecule has 3 heterocycles. The molecule has 26 heavy (non-hydrogen) atoms. The topological polar surface area (TPSA) is 80.8 Å². The summed E-state index contributed by atoms with van der Waals surface area (Å²) in [6.07, 6.45) is 1.82. The zero-order valence-electron chi connectivity index (χ0n) is 14.8. The highest BCUT2D eigenvalue weighted by Gasteiger charge is 2.14. The summed E-state index contributed by atoms with van der Waals surface area (Å²) in [6.45, 7) is 7.57. The number of nitrogens with zero attached hydrogens (tertiary/aromatic N) is 3. The number of hydrogen-bond donors (Lipinski definition) is 2. The van der Waals surface area contributed by atoms with Gasteiger partial charge in [0, 0.05) is 49.7 Å². The van der Waals surface area contributed by atoms with Crippen molar-refractivity contribution in [1.29, 1.82) is 0 Å². The van der Waals surface area contributed by atoms with Gasteiger partial charge in [-0.3, -0.25) is 4.90 Å². The minimum Gasteiger partial charge on any atom is -0.454 e. The van der Waals surface area contributed by atoms with Crippen molar-refractivity contribution in [3.63, 3.8) is 0 Å². The average Bonchev–Trinajstić information content (AvgIpc) is 3.13. The van der Waals surface area contributed by atoms with E-state index in [-0.39, 0.29) is 6.79 Å². The highest BCUT2D eigenvalue weighted by Crippen LogP contribution is 2.35. The second-order valence-corrected chi connectivity index (χ2v) is 6.30. The van der Waals surface area contributed by atoms with Crippen molar-refractivity contribution in [2.75, 3.05) is 56.8 Å². The lowest BCUT2D eigenvalue weighted by molar-refractivity contribution is 0.0398. The number of aryl methyl sites for hydroxylation is 1. The van der Waals surface area contributed by atoms with Gasteiger partial charge in [0.15, 0.2) is 11.5 Å². The fraction of sp³-hybridized carbons (Fsp3) is 0.444. The van der Waals surface area contributed by atoms with Gasteiger partial charge in [0.25, 0.3) is 0 Å². The minimum atomic E-state index is 0.266. The van der Waals surface area contributed by atoms with Crippen LogP contribution < -0.4 is 20.1 Å². The van der Waals surface area contributed by atoms with Gasteiger partial charge in [0.1, 0.15) is 5.82 Å². The van der Waals surface area contributed by atoms with Gasteiger partial charge < -0.3 is 24.8 Å². The van der Waals surface area contributed by atoms with Gasteiger partial charge in [-0.05, 0) is 19.1 Å². The fourth-order valence-electron chi connectivity index (χ4n) is 2.92. The number of ether oxygens (including phenoxy) is 3. The summed E-state index contributed by atoms with van der Waals surface area (Å²) in [7, 11) is 0. The lowest BCUT2D eigenvalue weighted by atomic mass is 10.2. The minimum absolute atomic E-state index is 0.266. The Balaban J connectivity index is 1.38. The van der Waals surface area contributed by atoms with Gasteiger partial charge in [-0.25, -0.2) is 4.98 Å². The van der Waals surface area contributed by atoms with E-state index in [1.807, 2.05) is 31.3 Å². The Morgan fingerprint density at radius 2 is 2.00 bits per heavy atom. The Kier molecular flexibility index (Phi) is 5.03. The number of rotatable bonds is 6. The summed E-state index contributed by atoms with van der Waals surface area (Å²) in [5.41, 5.74) is 1.87. The highest BCUT2D eigenvalue weighted by atomic mass is 16.7. The highest BCUT2D eigenvalue weighted by molar-refractivity contribution is 5.64. The SMILES string of the molecule is Cc1cnc(NCCN2CCOCC2)nc1Nc1ccc2c(c1)OCO2. The molecule has 0 aliphatic carbocycles. The Bertz CT molecular complexity index is 764. The Labute approximate surface area is 152 Å². The van der Waals surface area contributed by atoms with Gasteiger partial charge in [-0.1, -0.05) is 0 Å². The first-order valence-corrected chi connectivity index (χ1v) is 8.82. The standard InChI is InChI=1S/C18H23N5O3/c1-13-11-20-18(19-4-5-23-6-8-24-9-7-23)22-17(13)21-14-2-3-15-16(10-14)26-12-25-15/h2-3,10-11H,4-9,12H2,1H3,(H2,19,20,21,22). The summed E-state index contributed by atoms with van der Waals surface area (Å²) in [5, 5.41) is 6.63. The van der Waals surface area contributed by atoms with Crippen LogP contribution in [0.15, 0.2) is 24.4 Å². The lowest BCUT2D eigenvalue weighted by Gasteiger charge is -2.26. The summed E-state index contributed by atoms with van der Waals surface area (Å²) in [5.74, 6) is 2.89. The molecule has 1 saturated heterocycles. The maximum Gasteiger partial charge on any atom is 0.231 e. The average molecular weight is 357 g/mol. The van der Waals surface area contributed by atoms with Gasteiger partial charge in [0.2, 0.25) is 12.7 Å². The van der Waals surface area contributed by atoms with Gasteiger partial charge in [0.05, 0.1) is 13.2 Å². The second-order valence-electron chi connectivity index (χ2n) is 6.30. The molecule has 0 atom stereocenters. The number of nitrogens with one attached hydrogen (secondary N) is 2. The molecule has 8 nitrogen and oxygen atoms in total. The molecule has 0 bridgehead atoms. The molecule has 0 spiro atoms. The van der Waals surface area contributed by atoms with Crippen molar-refractivity contribution in [2.45, 2.75) is 6.92 Å². The monoisotopic (exact) mass is 357 g/mol. The molecular weight excluding hydrogens is 334 g/mol.